The standard InChI is InChI=1S/C20H21N3O3/c1-13-5-3-4-6-18(13)23-12-15(11-19(23)25)20(26)22-17-9-7-16(8-10-17)21-14(2)24/h3-10,15H,11-12H2,1-2H3,(H,21,24)(H,22,26)/t15-/m0/s1. The summed E-state index contributed by atoms with van der Waals surface area (Å²) in [5.41, 5.74) is 3.16. The Morgan fingerprint density at radius 2 is 1.62 bits per heavy atom. The quantitative estimate of drug-likeness (QED) is 0.889. The van der Waals surface area contributed by atoms with Crippen LogP contribution in [0.15, 0.2) is 48.5 Å². The largest absolute Gasteiger partial charge is 0.326 e. The van der Waals surface area contributed by atoms with Gasteiger partial charge in [0.1, 0.15) is 0 Å². The Morgan fingerprint density at radius 3 is 2.23 bits per heavy atom. The van der Waals surface area contributed by atoms with Crippen LogP contribution in [0.2, 0.25) is 0 Å². The molecule has 0 bridgehead atoms. The summed E-state index contributed by atoms with van der Waals surface area (Å²) in [5, 5.41) is 5.51. The summed E-state index contributed by atoms with van der Waals surface area (Å²) in [4.78, 5) is 37.6. The number of nitrogens with zero attached hydrogens (tertiary/aromatic N) is 1. The van der Waals surface area contributed by atoms with Gasteiger partial charge >= 0.3 is 0 Å². The molecule has 1 saturated heterocycles. The van der Waals surface area contributed by atoms with Gasteiger partial charge in [0.2, 0.25) is 17.7 Å². The summed E-state index contributed by atoms with van der Waals surface area (Å²) in [6, 6.07) is 14.5. The highest BCUT2D eigenvalue weighted by molar-refractivity contribution is 6.04. The highest BCUT2D eigenvalue weighted by atomic mass is 16.2. The molecular formula is C20H21N3O3. The van der Waals surface area contributed by atoms with E-state index in [0.717, 1.165) is 11.3 Å². The lowest BCUT2D eigenvalue weighted by Gasteiger charge is -2.19. The van der Waals surface area contributed by atoms with E-state index in [2.05, 4.69) is 10.6 Å². The highest BCUT2D eigenvalue weighted by Crippen LogP contribution is 2.28. The van der Waals surface area contributed by atoms with Gasteiger partial charge in [0.25, 0.3) is 0 Å². The molecule has 1 atom stereocenters. The Bertz CT molecular complexity index is 846. The van der Waals surface area contributed by atoms with Crippen LogP contribution in [-0.4, -0.2) is 24.3 Å². The number of nitrogens with one attached hydrogen (secondary N) is 2. The number of hydrogen-bond donors (Lipinski definition) is 2. The monoisotopic (exact) mass is 351 g/mol. The van der Waals surface area contributed by atoms with E-state index in [1.165, 1.54) is 6.92 Å². The summed E-state index contributed by atoms with van der Waals surface area (Å²) >= 11 is 0. The average molecular weight is 351 g/mol. The molecule has 1 aliphatic heterocycles. The van der Waals surface area contributed by atoms with Crippen LogP contribution < -0.4 is 15.5 Å². The molecule has 134 valence electrons. The smallest absolute Gasteiger partial charge is 0.229 e. The lowest BCUT2D eigenvalue weighted by molar-refractivity contribution is -0.122. The second-order valence-corrected chi connectivity index (χ2v) is 6.44. The average Bonchev–Trinajstić information content (AvgIpc) is 2.98. The fraction of sp³-hybridized carbons (Fsp3) is 0.250. The number of rotatable bonds is 4. The van der Waals surface area contributed by atoms with Gasteiger partial charge in [-0.25, -0.2) is 0 Å². The predicted molar refractivity (Wildman–Crippen MR) is 101 cm³/mol. The summed E-state index contributed by atoms with van der Waals surface area (Å²) in [6.07, 6.45) is 0.199. The molecule has 2 aromatic rings. The molecule has 0 spiro atoms. The van der Waals surface area contributed by atoms with E-state index in [1.807, 2.05) is 31.2 Å². The third kappa shape index (κ3) is 3.91. The first kappa shape index (κ1) is 17.7. The van der Waals surface area contributed by atoms with Crippen molar-refractivity contribution >= 4 is 34.8 Å². The number of hydrogen-bond acceptors (Lipinski definition) is 3. The summed E-state index contributed by atoms with van der Waals surface area (Å²) in [5.74, 6) is -0.762. The maximum atomic E-state index is 12.5. The third-order valence-corrected chi connectivity index (χ3v) is 4.37. The van der Waals surface area contributed by atoms with Gasteiger partial charge in [0.15, 0.2) is 0 Å². The lowest BCUT2D eigenvalue weighted by Crippen LogP contribution is -2.28. The first-order chi connectivity index (χ1) is 12.4. The Kier molecular flexibility index (Phi) is 5.02. The fourth-order valence-electron chi connectivity index (χ4n) is 3.07. The molecule has 2 aromatic carbocycles. The Labute approximate surface area is 152 Å². The number of benzene rings is 2. The Morgan fingerprint density at radius 1 is 1.00 bits per heavy atom. The normalized spacial score (nSPS) is 16.5. The van der Waals surface area contributed by atoms with E-state index in [-0.39, 0.29) is 24.1 Å². The first-order valence-electron chi connectivity index (χ1n) is 8.48. The van der Waals surface area contributed by atoms with Crippen LogP contribution in [0.4, 0.5) is 17.1 Å². The van der Waals surface area contributed by atoms with Gasteiger partial charge < -0.3 is 15.5 Å². The topological polar surface area (TPSA) is 78.5 Å². The molecule has 0 unspecified atom stereocenters. The van der Waals surface area contributed by atoms with Crippen LogP contribution in [-0.2, 0) is 14.4 Å². The number of para-hydroxylation sites is 1. The minimum absolute atomic E-state index is 0.0412. The highest BCUT2D eigenvalue weighted by Gasteiger charge is 2.35. The van der Waals surface area contributed by atoms with Crippen molar-refractivity contribution in [2.24, 2.45) is 5.92 Å². The maximum Gasteiger partial charge on any atom is 0.229 e. The summed E-state index contributed by atoms with van der Waals surface area (Å²) in [7, 11) is 0. The van der Waals surface area contributed by atoms with Gasteiger partial charge in [-0.15, -0.1) is 0 Å². The second kappa shape index (κ2) is 7.39. The number of carbonyl (C=O) groups is 3. The molecule has 1 aliphatic rings. The first-order valence-corrected chi connectivity index (χ1v) is 8.48. The van der Waals surface area contributed by atoms with Crippen LogP contribution in [0.25, 0.3) is 0 Å². The minimum Gasteiger partial charge on any atom is -0.326 e. The van der Waals surface area contributed by atoms with E-state index in [0.29, 0.717) is 17.9 Å². The Hall–Kier alpha value is -3.15. The molecular weight excluding hydrogens is 330 g/mol. The van der Waals surface area contributed by atoms with Crippen molar-refractivity contribution in [3.63, 3.8) is 0 Å². The molecule has 6 nitrogen and oxygen atoms in total. The zero-order chi connectivity index (χ0) is 18.7. The van der Waals surface area contributed by atoms with E-state index in [9.17, 15) is 14.4 Å². The van der Waals surface area contributed by atoms with Crippen LogP contribution in [0.5, 0.6) is 0 Å². The van der Waals surface area contributed by atoms with Gasteiger partial charge in [-0.1, -0.05) is 18.2 Å². The van der Waals surface area contributed by atoms with Gasteiger partial charge in [0, 0.05) is 37.0 Å². The number of anilines is 3. The number of aryl methyl sites for hydroxylation is 1. The fourth-order valence-corrected chi connectivity index (χ4v) is 3.07. The second-order valence-electron chi connectivity index (χ2n) is 6.44. The van der Waals surface area contributed by atoms with Crippen molar-refractivity contribution in [1.29, 1.82) is 0 Å². The van der Waals surface area contributed by atoms with Crippen LogP contribution in [0.1, 0.15) is 18.9 Å². The molecule has 6 heteroatoms. The van der Waals surface area contributed by atoms with Crippen molar-refractivity contribution in [3.8, 4) is 0 Å². The number of carbonyl (C=O) groups excluding carboxylic acids is 3. The molecule has 26 heavy (non-hydrogen) atoms. The molecule has 2 N–H and O–H groups in total. The van der Waals surface area contributed by atoms with Gasteiger partial charge in [-0.3, -0.25) is 14.4 Å². The summed E-state index contributed by atoms with van der Waals surface area (Å²) < 4.78 is 0. The molecule has 1 heterocycles. The van der Waals surface area contributed by atoms with Crippen molar-refractivity contribution < 1.29 is 14.4 Å². The van der Waals surface area contributed by atoms with Crippen LogP contribution >= 0.6 is 0 Å². The van der Waals surface area contributed by atoms with E-state index >= 15 is 0 Å². The third-order valence-electron chi connectivity index (χ3n) is 4.37. The van der Waals surface area contributed by atoms with Gasteiger partial charge in [-0.2, -0.15) is 0 Å². The molecule has 0 saturated carbocycles. The molecule has 1 fully saturated rings. The van der Waals surface area contributed by atoms with Crippen molar-refractivity contribution in [3.05, 3.63) is 54.1 Å². The maximum absolute atomic E-state index is 12.5. The van der Waals surface area contributed by atoms with Crippen LogP contribution in [0.3, 0.4) is 0 Å². The van der Waals surface area contributed by atoms with Crippen molar-refractivity contribution in [1.82, 2.24) is 0 Å². The van der Waals surface area contributed by atoms with E-state index < -0.39 is 5.92 Å². The number of amides is 3. The van der Waals surface area contributed by atoms with E-state index in [1.54, 1.807) is 29.2 Å². The zero-order valence-electron chi connectivity index (χ0n) is 14.8. The molecule has 0 radical (unpaired) electrons. The van der Waals surface area contributed by atoms with Gasteiger partial charge in [-0.05, 0) is 42.8 Å². The van der Waals surface area contributed by atoms with E-state index in [4.69, 9.17) is 0 Å². The molecule has 0 aromatic heterocycles. The molecule has 3 amide bonds. The minimum atomic E-state index is -0.392. The SMILES string of the molecule is CC(=O)Nc1ccc(NC(=O)[C@H]2CC(=O)N(c3ccccc3C)C2)cc1. The molecule has 3 rings (SSSR count). The zero-order valence-corrected chi connectivity index (χ0v) is 14.8. The van der Waals surface area contributed by atoms with Crippen molar-refractivity contribution in [2.45, 2.75) is 20.3 Å². The predicted octanol–water partition coefficient (Wildman–Crippen LogP) is 2.95. The summed E-state index contributed by atoms with van der Waals surface area (Å²) in [6.45, 7) is 3.76. The Balaban J connectivity index is 1.65. The van der Waals surface area contributed by atoms with Crippen molar-refractivity contribution in [2.75, 3.05) is 22.1 Å². The van der Waals surface area contributed by atoms with Gasteiger partial charge in [0.05, 0.1) is 5.92 Å². The lowest BCUT2D eigenvalue weighted by atomic mass is 10.1. The molecule has 0 aliphatic carbocycles. The van der Waals surface area contributed by atoms with Crippen LogP contribution in [0, 0.1) is 12.8 Å².